The Bertz CT molecular complexity index is 752. The van der Waals surface area contributed by atoms with E-state index < -0.39 is 6.04 Å². The topological polar surface area (TPSA) is 82.2 Å². The Hall–Kier alpha value is -2.68. The quantitative estimate of drug-likeness (QED) is 0.783. The Morgan fingerprint density at radius 2 is 1.90 bits per heavy atom. The summed E-state index contributed by atoms with van der Waals surface area (Å²) in [6, 6.07) is 5.67. The number of benzene rings is 1. The normalized spacial score (nSPS) is 20.3. The largest absolute Gasteiger partial charge is 0.450 e. The second-order valence-electron chi connectivity index (χ2n) is 7.18. The molecule has 3 amide bonds. The highest BCUT2D eigenvalue weighted by molar-refractivity contribution is 5.89. The summed E-state index contributed by atoms with van der Waals surface area (Å²) in [7, 11) is 0. The van der Waals surface area contributed by atoms with Crippen molar-refractivity contribution in [3.8, 4) is 0 Å². The zero-order valence-electron chi connectivity index (χ0n) is 16.6. The van der Waals surface area contributed by atoms with Gasteiger partial charge in [0.05, 0.1) is 19.1 Å². The lowest BCUT2D eigenvalue weighted by Gasteiger charge is -2.38. The number of amides is 3. The minimum atomic E-state index is -0.595. The van der Waals surface area contributed by atoms with Crippen LogP contribution in [0.25, 0.3) is 0 Å². The van der Waals surface area contributed by atoms with Crippen molar-refractivity contribution in [2.45, 2.75) is 25.9 Å². The van der Waals surface area contributed by atoms with Crippen LogP contribution in [-0.4, -0.2) is 84.5 Å². The highest BCUT2D eigenvalue weighted by atomic mass is 19.1. The van der Waals surface area contributed by atoms with Crippen molar-refractivity contribution in [2.75, 3.05) is 45.9 Å². The van der Waals surface area contributed by atoms with E-state index in [1.54, 1.807) is 22.8 Å². The molecule has 0 radical (unpaired) electrons. The molecule has 158 valence electrons. The molecule has 9 heteroatoms. The molecule has 0 aliphatic carbocycles. The van der Waals surface area contributed by atoms with Gasteiger partial charge in [0.2, 0.25) is 11.8 Å². The van der Waals surface area contributed by atoms with Crippen molar-refractivity contribution >= 4 is 17.9 Å². The zero-order chi connectivity index (χ0) is 20.8. The lowest BCUT2D eigenvalue weighted by Crippen LogP contribution is -2.57. The van der Waals surface area contributed by atoms with Crippen LogP contribution in [0.15, 0.2) is 24.3 Å². The van der Waals surface area contributed by atoms with Gasteiger partial charge in [-0.15, -0.1) is 0 Å². The number of ether oxygens (including phenoxy) is 1. The Morgan fingerprint density at radius 3 is 2.59 bits per heavy atom. The van der Waals surface area contributed by atoms with Crippen molar-refractivity contribution in [1.82, 2.24) is 20.0 Å². The van der Waals surface area contributed by atoms with E-state index in [1.165, 1.54) is 12.1 Å². The number of carbonyl (C=O) groups is 3. The molecule has 1 unspecified atom stereocenters. The first kappa shape index (κ1) is 21.0. The van der Waals surface area contributed by atoms with Crippen molar-refractivity contribution in [1.29, 1.82) is 0 Å². The molecule has 0 saturated carbocycles. The number of piperazine rings is 2. The van der Waals surface area contributed by atoms with E-state index in [2.05, 4.69) is 5.32 Å². The van der Waals surface area contributed by atoms with Gasteiger partial charge < -0.3 is 19.9 Å². The third-order valence-electron chi connectivity index (χ3n) is 5.24. The number of nitrogens with one attached hydrogen (secondary N) is 1. The van der Waals surface area contributed by atoms with Crippen LogP contribution in [0, 0.1) is 5.82 Å². The maximum atomic E-state index is 13.5. The molecule has 0 spiro atoms. The lowest BCUT2D eigenvalue weighted by molar-refractivity contribution is -0.140. The molecule has 2 heterocycles. The van der Waals surface area contributed by atoms with Gasteiger partial charge in [0.15, 0.2) is 0 Å². The smallest absolute Gasteiger partial charge is 0.409 e. The van der Waals surface area contributed by atoms with Crippen molar-refractivity contribution in [3.05, 3.63) is 35.6 Å². The molecule has 2 aliphatic rings. The van der Waals surface area contributed by atoms with E-state index >= 15 is 0 Å². The predicted octanol–water partition coefficient (Wildman–Crippen LogP) is 0.817. The number of halogens is 1. The van der Waals surface area contributed by atoms with Crippen molar-refractivity contribution in [2.24, 2.45) is 0 Å². The maximum absolute atomic E-state index is 13.5. The van der Waals surface area contributed by atoms with Gasteiger partial charge in [-0.3, -0.25) is 14.5 Å². The standard InChI is InChI=1S/C20H27FN4O4/c1-2-29-20(28)24-10-8-23(9-11-24)18(26)13-17-19(27)22-6-7-25(17)14-15-4-3-5-16(21)12-15/h3-5,12,17H,2,6-11,13-14H2,1H3,(H,22,27). The first-order valence-corrected chi connectivity index (χ1v) is 9.93. The summed E-state index contributed by atoms with van der Waals surface area (Å²) < 4.78 is 18.5. The highest BCUT2D eigenvalue weighted by Gasteiger charge is 2.34. The molecule has 0 aromatic heterocycles. The molecule has 2 saturated heterocycles. The van der Waals surface area contributed by atoms with E-state index in [0.717, 1.165) is 5.56 Å². The fourth-order valence-corrected chi connectivity index (χ4v) is 3.69. The van der Waals surface area contributed by atoms with Crippen LogP contribution in [0.3, 0.4) is 0 Å². The van der Waals surface area contributed by atoms with E-state index in [-0.39, 0.29) is 30.1 Å². The molecule has 1 N–H and O–H groups in total. The van der Waals surface area contributed by atoms with Gasteiger partial charge >= 0.3 is 6.09 Å². The van der Waals surface area contributed by atoms with Crippen LogP contribution < -0.4 is 5.32 Å². The summed E-state index contributed by atoms with van der Waals surface area (Å²) in [5.74, 6) is -0.637. The number of carbonyl (C=O) groups excluding carboxylic acids is 3. The third kappa shape index (κ3) is 5.44. The molecule has 1 atom stereocenters. The second-order valence-corrected chi connectivity index (χ2v) is 7.18. The summed E-state index contributed by atoms with van der Waals surface area (Å²) in [5, 5.41) is 2.81. The van der Waals surface area contributed by atoms with Gasteiger partial charge in [-0.05, 0) is 24.6 Å². The first-order valence-electron chi connectivity index (χ1n) is 9.93. The fourth-order valence-electron chi connectivity index (χ4n) is 3.69. The van der Waals surface area contributed by atoms with Gasteiger partial charge in [0.25, 0.3) is 0 Å². The lowest BCUT2D eigenvalue weighted by atomic mass is 10.1. The summed E-state index contributed by atoms with van der Waals surface area (Å²) in [4.78, 5) is 42.2. The van der Waals surface area contributed by atoms with E-state index in [1.807, 2.05) is 11.0 Å². The number of rotatable bonds is 5. The summed E-state index contributed by atoms with van der Waals surface area (Å²) >= 11 is 0. The summed E-state index contributed by atoms with van der Waals surface area (Å²) in [6.45, 7) is 5.21. The Morgan fingerprint density at radius 1 is 1.17 bits per heavy atom. The Balaban J connectivity index is 1.58. The fraction of sp³-hybridized carbons (Fsp3) is 0.550. The first-order chi connectivity index (χ1) is 14.0. The second kappa shape index (κ2) is 9.69. The molecule has 2 fully saturated rings. The minimum absolute atomic E-state index is 0.0561. The molecule has 2 aliphatic heterocycles. The minimum Gasteiger partial charge on any atom is -0.450 e. The third-order valence-corrected chi connectivity index (χ3v) is 5.24. The highest BCUT2D eigenvalue weighted by Crippen LogP contribution is 2.16. The Kier molecular flexibility index (Phi) is 7.03. The number of nitrogens with zero attached hydrogens (tertiary/aromatic N) is 3. The van der Waals surface area contributed by atoms with E-state index in [4.69, 9.17) is 4.74 Å². The predicted molar refractivity (Wildman–Crippen MR) is 103 cm³/mol. The van der Waals surface area contributed by atoms with Crippen LogP contribution in [0.5, 0.6) is 0 Å². The summed E-state index contributed by atoms with van der Waals surface area (Å²) in [6.07, 6.45) is -0.312. The number of hydrogen-bond acceptors (Lipinski definition) is 5. The van der Waals surface area contributed by atoms with Gasteiger partial charge in [-0.25, -0.2) is 9.18 Å². The molecule has 0 bridgehead atoms. The van der Waals surface area contributed by atoms with E-state index in [0.29, 0.717) is 52.4 Å². The average Bonchev–Trinajstić information content (AvgIpc) is 2.71. The van der Waals surface area contributed by atoms with Crippen LogP contribution in [-0.2, 0) is 20.9 Å². The van der Waals surface area contributed by atoms with Crippen molar-refractivity contribution < 1.29 is 23.5 Å². The SMILES string of the molecule is CCOC(=O)N1CCN(C(=O)CC2C(=O)NCCN2Cc2cccc(F)c2)CC1. The Labute approximate surface area is 169 Å². The van der Waals surface area contributed by atoms with Gasteiger partial charge in [0, 0.05) is 45.8 Å². The van der Waals surface area contributed by atoms with Crippen LogP contribution in [0.2, 0.25) is 0 Å². The van der Waals surface area contributed by atoms with Crippen LogP contribution >= 0.6 is 0 Å². The monoisotopic (exact) mass is 406 g/mol. The average molecular weight is 406 g/mol. The van der Waals surface area contributed by atoms with Gasteiger partial charge in [-0.2, -0.15) is 0 Å². The van der Waals surface area contributed by atoms with Crippen molar-refractivity contribution in [3.63, 3.8) is 0 Å². The van der Waals surface area contributed by atoms with Crippen LogP contribution in [0.4, 0.5) is 9.18 Å². The molecular formula is C20H27FN4O4. The zero-order valence-corrected chi connectivity index (χ0v) is 16.6. The number of hydrogen-bond donors (Lipinski definition) is 1. The molecule has 8 nitrogen and oxygen atoms in total. The molecule has 29 heavy (non-hydrogen) atoms. The van der Waals surface area contributed by atoms with Crippen LogP contribution in [0.1, 0.15) is 18.9 Å². The van der Waals surface area contributed by atoms with E-state index in [9.17, 15) is 18.8 Å². The molecule has 1 aromatic rings. The van der Waals surface area contributed by atoms with Gasteiger partial charge in [-0.1, -0.05) is 12.1 Å². The van der Waals surface area contributed by atoms with Gasteiger partial charge in [0.1, 0.15) is 5.82 Å². The summed E-state index contributed by atoms with van der Waals surface area (Å²) in [5.41, 5.74) is 0.764. The molecule has 3 rings (SSSR count). The maximum Gasteiger partial charge on any atom is 0.409 e. The molecular weight excluding hydrogens is 379 g/mol. The molecule has 1 aromatic carbocycles.